The van der Waals surface area contributed by atoms with Gasteiger partial charge in [-0.05, 0) is 36.2 Å². The molecule has 2 unspecified atom stereocenters. The summed E-state index contributed by atoms with van der Waals surface area (Å²) in [5.74, 6) is 0.0107. The largest absolute Gasteiger partial charge is 0.352 e. The third-order valence-corrected chi connectivity index (χ3v) is 2.87. The average molecular weight is 288 g/mol. The highest BCUT2D eigenvalue weighted by Crippen LogP contribution is 2.12. The van der Waals surface area contributed by atoms with Crippen LogP contribution in [0.25, 0.3) is 0 Å². The van der Waals surface area contributed by atoms with Gasteiger partial charge in [0.05, 0.1) is 10.7 Å². The maximum atomic E-state index is 11.9. The van der Waals surface area contributed by atoms with E-state index in [0.717, 1.165) is 17.3 Å². The molecule has 0 radical (unpaired) electrons. The van der Waals surface area contributed by atoms with Crippen LogP contribution in [0, 0.1) is 0 Å². The van der Waals surface area contributed by atoms with Crippen LogP contribution in [0.4, 0.5) is 0 Å². The summed E-state index contributed by atoms with van der Waals surface area (Å²) in [6.07, 6.45) is 5.55. The van der Waals surface area contributed by atoms with Crippen molar-refractivity contribution in [1.82, 2.24) is 15.1 Å². The maximum Gasteiger partial charge on any atom is 0.244 e. The molecule has 0 aliphatic carbocycles. The zero-order valence-electron chi connectivity index (χ0n) is 9.90. The Balaban J connectivity index is 2.54. The summed E-state index contributed by atoms with van der Waals surface area (Å²) < 4.78 is 2.53. The predicted molar refractivity (Wildman–Crippen MR) is 67.2 cm³/mol. The van der Waals surface area contributed by atoms with Crippen LogP contribution in [0.1, 0.15) is 39.7 Å². The summed E-state index contributed by atoms with van der Waals surface area (Å²) in [4.78, 5) is 11.9. The number of nitrogens with zero attached hydrogens (tertiary/aromatic N) is 2. The maximum absolute atomic E-state index is 11.9. The molecule has 0 saturated heterocycles. The molecule has 16 heavy (non-hydrogen) atoms. The Kier molecular flexibility index (Phi) is 4.99. The number of nitrogens with one attached hydrogen (secondary N) is 1. The number of carbonyl (C=O) groups is 1. The molecule has 0 fully saturated rings. The van der Waals surface area contributed by atoms with E-state index in [1.54, 1.807) is 17.1 Å². The highest BCUT2D eigenvalue weighted by Gasteiger charge is 2.17. The molecule has 5 heteroatoms. The lowest BCUT2D eigenvalue weighted by Crippen LogP contribution is -2.37. The molecule has 90 valence electrons. The minimum absolute atomic E-state index is 0.0107. The second-order valence-corrected chi connectivity index (χ2v) is 4.93. The zero-order chi connectivity index (χ0) is 12.1. The van der Waals surface area contributed by atoms with Crippen LogP contribution < -0.4 is 5.32 Å². The molecule has 0 aliphatic rings. The minimum atomic E-state index is -0.273. The molecule has 0 saturated carbocycles. The van der Waals surface area contributed by atoms with E-state index < -0.39 is 0 Å². The fraction of sp³-hybridized carbons (Fsp3) is 0.636. The van der Waals surface area contributed by atoms with E-state index in [1.807, 2.05) is 13.8 Å². The second-order valence-electron chi connectivity index (χ2n) is 4.01. The van der Waals surface area contributed by atoms with E-state index in [2.05, 4.69) is 33.3 Å². The van der Waals surface area contributed by atoms with Crippen molar-refractivity contribution in [3.8, 4) is 0 Å². The number of carbonyl (C=O) groups excluding carboxylic acids is 1. The van der Waals surface area contributed by atoms with E-state index in [0.29, 0.717) is 0 Å². The summed E-state index contributed by atoms with van der Waals surface area (Å²) in [6.45, 7) is 5.97. The molecule has 0 bridgehead atoms. The summed E-state index contributed by atoms with van der Waals surface area (Å²) in [5, 5.41) is 7.07. The molecule has 1 heterocycles. The van der Waals surface area contributed by atoms with Gasteiger partial charge < -0.3 is 5.32 Å². The first-order valence-corrected chi connectivity index (χ1v) is 6.34. The van der Waals surface area contributed by atoms with Crippen molar-refractivity contribution in [3.05, 3.63) is 16.9 Å². The number of hydrogen-bond donors (Lipinski definition) is 1. The Labute approximate surface area is 105 Å². The number of amides is 1. The number of aromatic nitrogens is 2. The lowest BCUT2D eigenvalue weighted by molar-refractivity contribution is -0.124. The minimum Gasteiger partial charge on any atom is -0.352 e. The Morgan fingerprint density at radius 2 is 2.31 bits per heavy atom. The quantitative estimate of drug-likeness (QED) is 0.905. The van der Waals surface area contributed by atoms with Crippen molar-refractivity contribution in [2.24, 2.45) is 0 Å². The summed E-state index contributed by atoms with van der Waals surface area (Å²) >= 11 is 3.31. The zero-order valence-corrected chi connectivity index (χ0v) is 11.5. The number of halogens is 1. The SMILES string of the molecule is CCCC(C)NC(=O)C(C)n1cc(Br)cn1. The van der Waals surface area contributed by atoms with E-state index >= 15 is 0 Å². The standard InChI is InChI=1S/C11H18BrN3O/c1-4-5-8(2)14-11(16)9(3)15-7-10(12)6-13-15/h6-9H,4-5H2,1-3H3,(H,14,16). The molecule has 1 N–H and O–H groups in total. The van der Waals surface area contributed by atoms with Gasteiger partial charge in [-0.25, -0.2) is 0 Å². The Hall–Kier alpha value is -0.840. The van der Waals surface area contributed by atoms with Gasteiger partial charge in [-0.1, -0.05) is 13.3 Å². The number of rotatable bonds is 5. The molecular weight excluding hydrogens is 270 g/mol. The van der Waals surface area contributed by atoms with Gasteiger partial charge in [0.1, 0.15) is 6.04 Å². The van der Waals surface area contributed by atoms with Crippen LogP contribution >= 0.6 is 15.9 Å². The van der Waals surface area contributed by atoms with Crippen LogP contribution in [0.5, 0.6) is 0 Å². The smallest absolute Gasteiger partial charge is 0.244 e. The Bertz CT molecular complexity index is 351. The molecule has 1 aromatic rings. The van der Waals surface area contributed by atoms with Crippen molar-refractivity contribution in [2.75, 3.05) is 0 Å². The van der Waals surface area contributed by atoms with Gasteiger partial charge in [0.25, 0.3) is 0 Å². The third-order valence-electron chi connectivity index (χ3n) is 2.46. The summed E-state index contributed by atoms with van der Waals surface area (Å²) in [6, 6.07) is -0.0513. The first kappa shape index (κ1) is 13.2. The van der Waals surface area contributed by atoms with Crippen LogP contribution in [0.15, 0.2) is 16.9 Å². The third kappa shape index (κ3) is 3.63. The number of hydrogen-bond acceptors (Lipinski definition) is 2. The average Bonchev–Trinajstić information content (AvgIpc) is 2.64. The van der Waals surface area contributed by atoms with Gasteiger partial charge >= 0.3 is 0 Å². The van der Waals surface area contributed by atoms with Crippen molar-refractivity contribution >= 4 is 21.8 Å². The molecule has 1 rings (SSSR count). The molecule has 0 aliphatic heterocycles. The van der Waals surface area contributed by atoms with Gasteiger partial charge in [0.2, 0.25) is 5.91 Å². The van der Waals surface area contributed by atoms with Gasteiger partial charge in [0, 0.05) is 12.2 Å². The Morgan fingerprint density at radius 3 is 2.81 bits per heavy atom. The van der Waals surface area contributed by atoms with Gasteiger partial charge in [-0.2, -0.15) is 5.10 Å². The van der Waals surface area contributed by atoms with Crippen molar-refractivity contribution in [1.29, 1.82) is 0 Å². The molecular formula is C11H18BrN3O. The lowest BCUT2D eigenvalue weighted by atomic mass is 10.2. The van der Waals surface area contributed by atoms with Gasteiger partial charge in [0.15, 0.2) is 0 Å². The lowest BCUT2D eigenvalue weighted by Gasteiger charge is -2.17. The van der Waals surface area contributed by atoms with Crippen molar-refractivity contribution in [2.45, 2.75) is 45.7 Å². The normalized spacial score (nSPS) is 14.5. The monoisotopic (exact) mass is 287 g/mol. The first-order chi connectivity index (χ1) is 7.54. The van der Waals surface area contributed by atoms with Crippen LogP contribution in [-0.2, 0) is 4.79 Å². The Morgan fingerprint density at radius 1 is 1.62 bits per heavy atom. The van der Waals surface area contributed by atoms with E-state index in [-0.39, 0.29) is 18.0 Å². The topological polar surface area (TPSA) is 46.9 Å². The van der Waals surface area contributed by atoms with Gasteiger partial charge in [-0.15, -0.1) is 0 Å². The molecule has 4 nitrogen and oxygen atoms in total. The fourth-order valence-corrected chi connectivity index (χ4v) is 1.82. The summed E-state index contributed by atoms with van der Waals surface area (Å²) in [5.41, 5.74) is 0. The molecule has 0 aromatic carbocycles. The fourth-order valence-electron chi connectivity index (χ4n) is 1.52. The second kappa shape index (κ2) is 6.03. The van der Waals surface area contributed by atoms with Crippen molar-refractivity contribution < 1.29 is 4.79 Å². The van der Waals surface area contributed by atoms with Crippen LogP contribution in [0.2, 0.25) is 0 Å². The van der Waals surface area contributed by atoms with E-state index in [4.69, 9.17) is 0 Å². The van der Waals surface area contributed by atoms with Crippen LogP contribution in [-0.4, -0.2) is 21.7 Å². The van der Waals surface area contributed by atoms with Crippen LogP contribution in [0.3, 0.4) is 0 Å². The molecule has 1 amide bonds. The first-order valence-electron chi connectivity index (χ1n) is 5.54. The highest BCUT2D eigenvalue weighted by atomic mass is 79.9. The molecule has 2 atom stereocenters. The van der Waals surface area contributed by atoms with Gasteiger partial charge in [-0.3, -0.25) is 9.48 Å². The predicted octanol–water partition coefficient (Wildman–Crippen LogP) is 2.51. The van der Waals surface area contributed by atoms with Crippen molar-refractivity contribution in [3.63, 3.8) is 0 Å². The molecule has 1 aromatic heterocycles. The van der Waals surface area contributed by atoms with E-state index in [9.17, 15) is 4.79 Å². The van der Waals surface area contributed by atoms with E-state index in [1.165, 1.54) is 0 Å². The summed E-state index contributed by atoms with van der Waals surface area (Å²) in [7, 11) is 0. The molecule has 0 spiro atoms. The highest BCUT2D eigenvalue weighted by molar-refractivity contribution is 9.10.